The minimum atomic E-state index is -4.96. The number of rotatable bonds is 8. The van der Waals surface area contributed by atoms with Gasteiger partial charge >= 0.3 is 18.3 Å². The number of nitrogens with zero attached hydrogens (tertiary/aromatic N) is 1. The van der Waals surface area contributed by atoms with Gasteiger partial charge in [-0.3, -0.25) is 0 Å². The lowest BCUT2D eigenvalue weighted by molar-refractivity contribution is -0.758. The van der Waals surface area contributed by atoms with E-state index in [0.29, 0.717) is 5.56 Å². The van der Waals surface area contributed by atoms with Crippen LogP contribution in [-0.4, -0.2) is 48.5 Å². The molecular formula is C22H25ClF3NO9. The van der Waals surface area contributed by atoms with E-state index in [9.17, 15) is 32.9 Å². The van der Waals surface area contributed by atoms with E-state index in [1.54, 1.807) is 0 Å². The fourth-order valence-electron chi connectivity index (χ4n) is 3.12. The molecule has 3 unspecified atom stereocenters. The van der Waals surface area contributed by atoms with Gasteiger partial charge < -0.3 is 23.8 Å². The minimum Gasteiger partial charge on any atom is -0.475 e. The summed E-state index contributed by atoms with van der Waals surface area (Å²) in [6, 6.07) is 2.79. The molecule has 0 amide bonds. The first-order chi connectivity index (χ1) is 16.5. The lowest BCUT2D eigenvalue weighted by atomic mass is 9.85. The van der Waals surface area contributed by atoms with Crippen LogP contribution in [0.15, 0.2) is 17.7 Å². The molecule has 0 aliphatic carbocycles. The van der Waals surface area contributed by atoms with Gasteiger partial charge in [-0.05, 0) is 36.1 Å². The molecule has 2 rings (SSSR count). The fourth-order valence-corrected chi connectivity index (χ4v) is 3.58. The average molecular weight is 540 g/mol. The smallest absolute Gasteiger partial charge is 0.475 e. The van der Waals surface area contributed by atoms with E-state index in [1.807, 2.05) is 20.8 Å². The van der Waals surface area contributed by atoms with Crippen LogP contribution in [0.3, 0.4) is 0 Å². The first-order valence-electron chi connectivity index (χ1n) is 10.6. The number of ether oxygens (including phenoxy) is 4. The van der Waals surface area contributed by atoms with E-state index in [-0.39, 0.29) is 29.4 Å². The summed E-state index contributed by atoms with van der Waals surface area (Å²) in [5.74, 6) is -1.54. The molecule has 0 bridgehead atoms. The molecule has 0 fully saturated rings. The predicted molar refractivity (Wildman–Crippen MR) is 119 cm³/mol. The van der Waals surface area contributed by atoms with E-state index in [2.05, 4.69) is 4.84 Å². The van der Waals surface area contributed by atoms with Crippen LogP contribution in [0.2, 0.25) is 5.02 Å². The number of esters is 1. The van der Waals surface area contributed by atoms with E-state index >= 15 is 0 Å². The van der Waals surface area contributed by atoms with Gasteiger partial charge in [-0.15, -0.1) is 10.1 Å². The van der Waals surface area contributed by atoms with Crippen LogP contribution in [0.25, 0.3) is 6.08 Å². The highest BCUT2D eigenvalue weighted by Gasteiger charge is 2.49. The zero-order valence-electron chi connectivity index (χ0n) is 20.0. The first kappa shape index (κ1) is 29.0. The molecule has 200 valence electrons. The van der Waals surface area contributed by atoms with Crippen LogP contribution in [0.1, 0.15) is 52.2 Å². The summed E-state index contributed by atoms with van der Waals surface area (Å²) in [6.07, 6.45) is -10.5. The molecule has 0 radical (unpaired) electrons. The van der Waals surface area contributed by atoms with E-state index in [0.717, 1.165) is 13.0 Å². The van der Waals surface area contributed by atoms with E-state index < -0.39 is 52.9 Å². The zero-order valence-corrected chi connectivity index (χ0v) is 20.8. The topological polar surface area (TPSA) is 123 Å². The molecule has 0 N–H and O–H groups in total. The molecule has 0 aromatic heterocycles. The van der Waals surface area contributed by atoms with Crippen molar-refractivity contribution in [2.75, 3.05) is 6.61 Å². The summed E-state index contributed by atoms with van der Waals surface area (Å²) >= 11 is 6.29. The maximum absolute atomic E-state index is 13.7. The van der Waals surface area contributed by atoms with Crippen molar-refractivity contribution in [1.29, 1.82) is 0 Å². The molecule has 1 aromatic rings. The summed E-state index contributed by atoms with van der Waals surface area (Å²) in [5, 5.41) is 9.38. The van der Waals surface area contributed by atoms with Gasteiger partial charge in [0.05, 0.1) is 12.2 Å². The second kappa shape index (κ2) is 11.2. The number of alkyl halides is 3. The third kappa shape index (κ3) is 7.90. The Morgan fingerprint density at radius 1 is 1.17 bits per heavy atom. The van der Waals surface area contributed by atoms with Crippen LogP contribution in [-0.2, 0) is 29.3 Å². The summed E-state index contributed by atoms with van der Waals surface area (Å²) in [6.45, 7) is 7.63. The van der Waals surface area contributed by atoms with Crippen molar-refractivity contribution in [3.8, 4) is 5.75 Å². The molecular weight excluding hydrogens is 515 g/mol. The molecule has 1 aromatic carbocycles. The van der Waals surface area contributed by atoms with Crippen LogP contribution < -0.4 is 4.74 Å². The van der Waals surface area contributed by atoms with Gasteiger partial charge in [0, 0.05) is 23.9 Å². The third-order valence-corrected chi connectivity index (χ3v) is 5.15. The molecule has 1 aliphatic heterocycles. The monoisotopic (exact) mass is 539 g/mol. The molecule has 36 heavy (non-hydrogen) atoms. The summed E-state index contributed by atoms with van der Waals surface area (Å²) in [5.41, 5.74) is -0.657. The third-order valence-electron chi connectivity index (χ3n) is 4.83. The Bertz CT molecular complexity index is 1040. The van der Waals surface area contributed by atoms with Crippen molar-refractivity contribution < 1.29 is 51.6 Å². The van der Waals surface area contributed by atoms with Gasteiger partial charge in [0.25, 0.3) is 5.09 Å². The fraction of sp³-hybridized carbons (Fsp3) is 0.545. The Morgan fingerprint density at radius 2 is 1.81 bits per heavy atom. The molecule has 3 atom stereocenters. The molecule has 14 heteroatoms. The van der Waals surface area contributed by atoms with Crippen molar-refractivity contribution in [2.45, 2.75) is 71.1 Å². The number of hydrogen-bond acceptors (Lipinski definition) is 9. The van der Waals surface area contributed by atoms with Crippen molar-refractivity contribution in [3.05, 3.63) is 44.0 Å². The van der Waals surface area contributed by atoms with Gasteiger partial charge in [0.1, 0.15) is 11.9 Å². The Balaban J connectivity index is 2.14. The lowest BCUT2D eigenvalue weighted by Gasteiger charge is -2.30. The summed E-state index contributed by atoms with van der Waals surface area (Å²) in [4.78, 5) is 38.6. The highest BCUT2D eigenvalue weighted by atomic mass is 35.5. The number of carbonyl (C=O) groups is 2. The molecule has 0 saturated carbocycles. The maximum Gasteiger partial charge on any atom is 0.511 e. The number of hydrogen-bond donors (Lipinski definition) is 0. The number of carbonyl (C=O) groups excluding carboxylic acids is 2. The number of halogens is 4. The second-order valence-corrected chi connectivity index (χ2v) is 9.28. The van der Waals surface area contributed by atoms with Crippen molar-refractivity contribution in [2.24, 2.45) is 0 Å². The molecule has 1 heterocycles. The van der Waals surface area contributed by atoms with Crippen molar-refractivity contribution in [1.82, 2.24) is 0 Å². The molecule has 0 spiro atoms. The zero-order chi connectivity index (χ0) is 27.4. The highest BCUT2D eigenvalue weighted by molar-refractivity contribution is 6.31. The molecule has 0 saturated heterocycles. The Hall–Kier alpha value is -3.22. The standard InChI is InChI=1S/C22H25ClF3NO9/c1-11(6-7-32-27(30)31)33-20(29)35-12(2)34-19(28)14-8-13-9-16(23)15(21(3,4)5)10-17(13)36-18(14)22(24,25)26/h8-12,18H,6-7H2,1-5H3. The quantitative estimate of drug-likeness (QED) is 0.185. The number of fused-ring (bicyclic) bond motifs is 1. The Kier molecular flexibility index (Phi) is 9.05. The summed E-state index contributed by atoms with van der Waals surface area (Å²) in [7, 11) is 0. The van der Waals surface area contributed by atoms with Gasteiger partial charge in [0.2, 0.25) is 12.4 Å². The largest absolute Gasteiger partial charge is 0.511 e. The lowest BCUT2D eigenvalue weighted by Crippen LogP contribution is -2.41. The number of benzene rings is 1. The van der Waals surface area contributed by atoms with E-state index in [1.165, 1.54) is 19.1 Å². The predicted octanol–water partition coefficient (Wildman–Crippen LogP) is 5.37. The molecule has 1 aliphatic rings. The Labute approximate surface area is 209 Å². The first-order valence-corrected chi connectivity index (χ1v) is 11.0. The van der Waals surface area contributed by atoms with Gasteiger partial charge in [-0.1, -0.05) is 32.4 Å². The summed E-state index contributed by atoms with van der Waals surface area (Å²) < 4.78 is 60.8. The van der Waals surface area contributed by atoms with Crippen LogP contribution >= 0.6 is 11.6 Å². The average Bonchev–Trinajstić information content (AvgIpc) is 2.70. The van der Waals surface area contributed by atoms with Crippen LogP contribution in [0, 0.1) is 10.1 Å². The highest BCUT2D eigenvalue weighted by Crippen LogP contribution is 2.42. The Morgan fingerprint density at radius 3 is 2.36 bits per heavy atom. The van der Waals surface area contributed by atoms with Crippen LogP contribution in [0.5, 0.6) is 5.75 Å². The van der Waals surface area contributed by atoms with Gasteiger partial charge in [0.15, 0.2) is 0 Å². The molecule has 10 nitrogen and oxygen atoms in total. The van der Waals surface area contributed by atoms with Crippen LogP contribution in [0.4, 0.5) is 18.0 Å². The normalized spacial score (nSPS) is 17.0. The minimum absolute atomic E-state index is 0.0410. The van der Waals surface area contributed by atoms with Crippen molar-refractivity contribution in [3.63, 3.8) is 0 Å². The maximum atomic E-state index is 13.7. The second-order valence-electron chi connectivity index (χ2n) is 8.87. The van der Waals surface area contributed by atoms with E-state index in [4.69, 9.17) is 30.5 Å². The van der Waals surface area contributed by atoms with Gasteiger partial charge in [-0.2, -0.15) is 13.2 Å². The SMILES string of the molecule is CC(CCO[N+](=O)[O-])OC(=O)OC(C)OC(=O)C1=Cc2cc(Cl)c(C(C)(C)C)cc2OC1C(F)(F)F. The van der Waals surface area contributed by atoms with Crippen molar-refractivity contribution >= 4 is 29.8 Å². The van der Waals surface area contributed by atoms with Gasteiger partial charge in [-0.25, -0.2) is 9.59 Å².